The Morgan fingerprint density at radius 3 is 2.75 bits per heavy atom. The van der Waals surface area contributed by atoms with Gasteiger partial charge in [-0.15, -0.1) is 0 Å². The van der Waals surface area contributed by atoms with Crippen molar-refractivity contribution in [2.45, 2.75) is 38.6 Å². The fraction of sp³-hybridized carbons (Fsp3) is 0.571. The van der Waals surface area contributed by atoms with Crippen LogP contribution in [0.1, 0.15) is 31.4 Å². The predicted octanol–water partition coefficient (Wildman–Crippen LogP) is 2.93. The molecule has 1 aromatic rings. The molecule has 0 aromatic heterocycles. The highest BCUT2D eigenvalue weighted by Gasteiger charge is 2.30. The minimum atomic E-state index is -0.106. The van der Waals surface area contributed by atoms with Crippen LogP contribution in [0, 0.1) is 11.7 Å². The van der Waals surface area contributed by atoms with E-state index in [1.807, 2.05) is 13.1 Å². The first-order valence-electron chi connectivity index (χ1n) is 5.99. The molecule has 1 aromatic carbocycles. The Kier molecular flexibility index (Phi) is 3.02. The molecule has 1 N–H and O–H groups in total. The molecule has 1 aliphatic rings. The standard InChI is InChI=1S/C14H20FN/c1-14(2,16-3)12-6-4-11-9-13(15)7-5-10(11)8-12/h5,7,9,12,16H,4,6,8H2,1-3H3. The van der Waals surface area contributed by atoms with E-state index in [0.29, 0.717) is 5.92 Å². The molecular weight excluding hydrogens is 201 g/mol. The van der Waals surface area contributed by atoms with Gasteiger partial charge in [-0.2, -0.15) is 0 Å². The first-order valence-corrected chi connectivity index (χ1v) is 5.99. The van der Waals surface area contributed by atoms with Crippen molar-refractivity contribution in [1.82, 2.24) is 5.32 Å². The van der Waals surface area contributed by atoms with Crippen molar-refractivity contribution in [1.29, 1.82) is 0 Å². The molecule has 0 bridgehead atoms. The van der Waals surface area contributed by atoms with Crippen LogP contribution in [0.15, 0.2) is 18.2 Å². The van der Waals surface area contributed by atoms with E-state index >= 15 is 0 Å². The van der Waals surface area contributed by atoms with Crippen LogP contribution < -0.4 is 5.32 Å². The average Bonchev–Trinajstić information content (AvgIpc) is 2.28. The van der Waals surface area contributed by atoms with Gasteiger partial charge in [-0.25, -0.2) is 4.39 Å². The molecule has 0 spiro atoms. The number of benzene rings is 1. The minimum Gasteiger partial charge on any atom is -0.315 e. The Labute approximate surface area is 97.1 Å². The third-order valence-electron chi connectivity index (χ3n) is 4.06. The lowest BCUT2D eigenvalue weighted by molar-refractivity contribution is 0.243. The van der Waals surface area contributed by atoms with E-state index in [1.54, 1.807) is 12.1 Å². The lowest BCUT2D eigenvalue weighted by atomic mass is 9.74. The molecule has 0 amide bonds. The summed E-state index contributed by atoms with van der Waals surface area (Å²) in [7, 11) is 2.01. The van der Waals surface area contributed by atoms with E-state index in [1.165, 1.54) is 11.1 Å². The van der Waals surface area contributed by atoms with E-state index in [9.17, 15) is 4.39 Å². The molecule has 1 nitrogen and oxygen atoms in total. The van der Waals surface area contributed by atoms with E-state index in [0.717, 1.165) is 19.3 Å². The van der Waals surface area contributed by atoms with Crippen LogP contribution in [0.5, 0.6) is 0 Å². The van der Waals surface area contributed by atoms with Gasteiger partial charge in [0.2, 0.25) is 0 Å². The highest BCUT2D eigenvalue weighted by atomic mass is 19.1. The summed E-state index contributed by atoms with van der Waals surface area (Å²) in [5.74, 6) is 0.528. The van der Waals surface area contributed by atoms with Crippen molar-refractivity contribution in [2.75, 3.05) is 7.05 Å². The SMILES string of the molecule is CNC(C)(C)C1CCc2cc(F)ccc2C1. The smallest absolute Gasteiger partial charge is 0.123 e. The fourth-order valence-electron chi connectivity index (χ4n) is 2.54. The third-order valence-corrected chi connectivity index (χ3v) is 4.06. The van der Waals surface area contributed by atoms with Gasteiger partial charge in [0, 0.05) is 5.54 Å². The van der Waals surface area contributed by atoms with Crippen LogP contribution in [0.2, 0.25) is 0 Å². The lowest BCUT2D eigenvalue weighted by Crippen LogP contribution is -2.46. The first-order chi connectivity index (χ1) is 7.53. The summed E-state index contributed by atoms with van der Waals surface area (Å²) in [4.78, 5) is 0. The van der Waals surface area contributed by atoms with Gasteiger partial charge >= 0.3 is 0 Å². The number of fused-ring (bicyclic) bond motifs is 1. The van der Waals surface area contributed by atoms with Crippen LogP contribution in [-0.4, -0.2) is 12.6 Å². The molecule has 1 atom stereocenters. The number of rotatable bonds is 2. The van der Waals surface area contributed by atoms with Crippen molar-refractivity contribution >= 4 is 0 Å². The van der Waals surface area contributed by atoms with Crippen LogP contribution >= 0.6 is 0 Å². The summed E-state index contributed by atoms with van der Waals surface area (Å²) in [6, 6.07) is 5.22. The predicted molar refractivity (Wildman–Crippen MR) is 65.1 cm³/mol. The Bertz CT molecular complexity index is 384. The summed E-state index contributed by atoms with van der Waals surface area (Å²) in [5.41, 5.74) is 2.68. The molecule has 1 aliphatic carbocycles. The second-order valence-electron chi connectivity index (χ2n) is 5.32. The van der Waals surface area contributed by atoms with Crippen molar-refractivity contribution in [3.8, 4) is 0 Å². The van der Waals surface area contributed by atoms with Gasteiger partial charge < -0.3 is 5.32 Å². The second kappa shape index (κ2) is 4.17. The molecule has 2 heteroatoms. The third kappa shape index (κ3) is 2.12. The fourth-order valence-corrected chi connectivity index (χ4v) is 2.54. The summed E-state index contributed by atoms with van der Waals surface area (Å²) < 4.78 is 13.1. The number of aryl methyl sites for hydroxylation is 1. The molecule has 0 radical (unpaired) electrons. The Hall–Kier alpha value is -0.890. The quantitative estimate of drug-likeness (QED) is 0.809. The zero-order valence-corrected chi connectivity index (χ0v) is 10.3. The van der Waals surface area contributed by atoms with E-state index in [-0.39, 0.29) is 11.4 Å². The van der Waals surface area contributed by atoms with Gasteiger partial charge in [-0.05, 0) is 69.3 Å². The Morgan fingerprint density at radius 2 is 2.06 bits per heavy atom. The largest absolute Gasteiger partial charge is 0.315 e. The maximum atomic E-state index is 13.1. The maximum absolute atomic E-state index is 13.1. The van der Waals surface area contributed by atoms with E-state index in [2.05, 4.69) is 19.2 Å². The topological polar surface area (TPSA) is 12.0 Å². The number of nitrogens with one attached hydrogen (secondary N) is 1. The summed E-state index contributed by atoms with van der Waals surface area (Å²) in [6.45, 7) is 4.48. The van der Waals surface area contributed by atoms with Crippen molar-refractivity contribution in [2.24, 2.45) is 5.92 Å². The Morgan fingerprint density at radius 1 is 1.31 bits per heavy atom. The zero-order chi connectivity index (χ0) is 11.8. The molecule has 0 saturated carbocycles. The average molecular weight is 221 g/mol. The Balaban J connectivity index is 2.21. The normalized spacial score (nSPS) is 20.6. The lowest BCUT2D eigenvalue weighted by Gasteiger charge is -2.37. The van der Waals surface area contributed by atoms with Crippen molar-refractivity contribution in [3.63, 3.8) is 0 Å². The van der Waals surface area contributed by atoms with Gasteiger partial charge in [0.1, 0.15) is 5.82 Å². The maximum Gasteiger partial charge on any atom is 0.123 e. The van der Waals surface area contributed by atoms with Gasteiger partial charge in [0.15, 0.2) is 0 Å². The number of halogens is 1. The first kappa shape index (κ1) is 11.6. The van der Waals surface area contributed by atoms with Crippen LogP contribution in [0.3, 0.4) is 0 Å². The minimum absolute atomic E-state index is 0.106. The van der Waals surface area contributed by atoms with E-state index in [4.69, 9.17) is 0 Å². The van der Waals surface area contributed by atoms with Gasteiger partial charge in [0.25, 0.3) is 0 Å². The van der Waals surface area contributed by atoms with Gasteiger partial charge in [-0.3, -0.25) is 0 Å². The highest BCUT2D eigenvalue weighted by Crippen LogP contribution is 2.32. The molecule has 88 valence electrons. The second-order valence-corrected chi connectivity index (χ2v) is 5.32. The summed E-state index contributed by atoms with van der Waals surface area (Å²) in [6.07, 6.45) is 3.20. The number of hydrogen-bond donors (Lipinski definition) is 1. The van der Waals surface area contributed by atoms with Crippen LogP contribution in [-0.2, 0) is 12.8 Å². The molecule has 1 unspecified atom stereocenters. The van der Waals surface area contributed by atoms with Crippen molar-refractivity contribution < 1.29 is 4.39 Å². The van der Waals surface area contributed by atoms with Gasteiger partial charge in [-0.1, -0.05) is 6.07 Å². The van der Waals surface area contributed by atoms with E-state index < -0.39 is 0 Å². The molecule has 0 saturated heterocycles. The molecule has 0 aliphatic heterocycles. The zero-order valence-electron chi connectivity index (χ0n) is 10.3. The summed E-state index contributed by atoms with van der Waals surface area (Å²) in [5, 5.41) is 3.38. The molecule has 2 rings (SSSR count). The molecule has 0 fully saturated rings. The molecular formula is C14H20FN. The molecule has 16 heavy (non-hydrogen) atoms. The van der Waals surface area contributed by atoms with Crippen molar-refractivity contribution in [3.05, 3.63) is 35.1 Å². The van der Waals surface area contributed by atoms with Crippen LogP contribution in [0.4, 0.5) is 4.39 Å². The highest BCUT2D eigenvalue weighted by molar-refractivity contribution is 5.31. The van der Waals surface area contributed by atoms with Crippen LogP contribution in [0.25, 0.3) is 0 Å². The number of hydrogen-bond acceptors (Lipinski definition) is 1. The summed E-state index contributed by atoms with van der Waals surface area (Å²) >= 11 is 0. The molecule has 0 heterocycles. The van der Waals surface area contributed by atoms with Gasteiger partial charge in [0.05, 0.1) is 0 Å². The monoisotopic (exact) mass is 221 g/mol.